The summed E-state index contributed by atoms with van der Waals surface area (Å²) in [5.41, 5.74) is 0. The van der Waals surface area contributed by atoms with Crippen LogP contribution in [-0.4, -0.2) is 62.4 Å². The Balaban J connectivity index is 1.89. The highest BCUT2D eigenvalue weighted by atomic mass is 32.2. The van der Waals surface area contributed by atoms with E-state index in [1.807, 2.05) is 4.90 Å². The molecule has 1 fully saturated rings. The van der Waals surface area contributed by atoms with Gasteiger partial charge in [-0.3, -0.25) is 9.59 Å². The molecule has 1 saturated heterocycles. The maximum absolute atomic E-state index is 12.2. The van der Waals surface area contributed by atoms with E-state index in [2.05, 4.69) is 27.2 Å². The first kappa shape index (κ1) is 15.7. The highest BCUT2D eigenvalue weighted by molar-refractivity contribution is 7.99. The lowest BCUT2D eigenvalue weighted by molar-refractivity contribution is -0.141. The van der Waals surface area contributed by atoms with Crippen LogP contribution in [0.4, 0.5) is 0 Å². The van der Waals surface area contributed by atoms with E-state index in [4.69, 9.17) is 0 Å². The minimum Gasteiger partial charge on any atom is -0.468 e. The second-order valence-electron chi connectivity index (χ2n) is 4.92. The summed E-state index contributed by atoms with van der Waals surface area (Å²) in [6.45, 7) is 2.83. The molecule has 0 aliphatic carbocycles. The van der Waals surface area contributed by atoms with Gasteiger partial charge >= 0.3 is 5.97 Å². The van der Waals surface area contributed by atoms with Crippen molar-refractivity contribution in [3.05, 3.63) is 0 Å². The number of piperidine rings is 1. The molecule has 1 aliphatic rings. The van der Waals surface area contributed by atoms with E-state index in [1.54, 1.807) is 0 Å². The summed E-state index contributed by atoms with van der Waals surface area (Å²) >= 11 is 1.24. The van der Waals surface area contributed by atoms with Gasteiger partial charge in [-0.1, -0.05) is 11.8 Å². The van der Waals surface area contributed by atoms with E-state index >= 15 is 0 Å². The Kier molecular flexibility index (Phi) is 5.54. The highest BCUT2D eigenvalue weighted by Crippen LogP contribution is 2.20. The third-order valence-corrected chi connectivity index (χ3v) is 4.40. The van der Waals surface area contributed by atoms with Gasteiger partial charge < -0.3 is 9.64 Å². The molecular weight excluding hydrogens is 294 g/mol. The molecule has 0 N–H and O–H groups in total. The lowest BCUT2D eigenvalue weighted by Gasteiger charge is -2.33. The number of thioether (sulfide) groups is 1. The number of esters is 1. The molecule has 1 atom stereocenters. The van der Waals surface area contributed by atoms with Gasteiger partial charge in [0.15, 0.2) is 0 Å². The largest absolute Gasteiger partial charge is 0.468 e. The number of hydrogen-bond acceptors (Lipinski definition) is 7. The summed E-state index contributed by atoms with van der Waals surface area (Å²) < 4.78 is 5.91. The van der Waals surface area contributed by atoms with E-state index in [9.17, 15) is 9.59 Å². The van der Waals surface area contributed by atoms with Crippen LogP contribution in [0.1, 0.15) is 26.2 Å². The number of methoxy groups -OCH3 is 1. The number of tetrazole rings is 1. The van der Waals surface area contributed by atoms with Gasteiger partial charge in [-0.15, -0.1) is 5.10 Å². The SMILES string of the molecule is COC(=O)Cn1nnnc1SCC(=O)N1CCCCC1C. The average Bonchev–Trinajstić information content (AvgIpc) is 2.92. The van der Waals surface area contributed by atoms with E-state index in [0.29, 0.717) is 5.16 Å². The molecule has 1 aliphatic heterocycles. The van der Waals surface area contributed by atoms with Gasteiger partial charge in [0, 0.05) is 12.6 Å². The summed E-state index contributed by atoms with van der Waals surface area (Å²) in [6, 6.07) is 0.290. The average molecular weight is 313 g/mol. The Labute approximate surface area is 127 Å². The number of ether oxygens (including phenoxy) is 1. The molecule has 21 heavy (non-hydrogen) atoms. The zero-order chi connectivity index (χ0) is 15.2. The Bertz CT molecular complexity index is 507. The van der Waals surface area contributed by atoms with Crippen LogP contribution in [0.15, 0.2) is 5.16 Å². The van der Waals surface area contributed by atoms with Crippen LogP contribution >= 0.6 is 11.8 Å². The zero-order valence-corrected chi connectivity index (χ0v) is 13.0. The molecule has 9 heteroatoms. The molecule has 0 aromatic carbocycles. The number of amides is 1. The Morgan fingerprint density at radius 1 is 1.43 bits per heavy atom. The van der Waals surface area contributed by atoms with Crippen molar-refractivity contribution in [2.75, 3.05) is 19.4 Å². The van der Waals surface area contributed by atoms with Gasteiger partial charge in [0.25, 0.3) is 0 Å². The topological polar surface area (TPSA) is 90.2 Å². The van der Waals surface area contributed by atoms with Crippen LogP contribution in [0.25, 0.3) is 0 Å². The van der Waals surface area contributed by atoms with Crippen molar-refractivity contribution in [3.63, 3.8) is 0 Å². The minimum absolute atomic E-state index is 0.0554. The Morgan fingerprint density at radius 2 is 2.24 bits per heavy atom. The van der Waals surface area contributed by atoms with Gasteiger partial charge in [0.05, 0.1) is 12.9 Å². The van der Waals surface area contributed by atoms with Gasteiger partial charge in [-0.05, 0) is 36.6 Å². The summed E-state index contributed by atoms with van der Waals surface area (Å²) in [5.74, 6) is -0.0775. The van der Waals surface area contributed by atoms with Crippen molar-refractivity contribution in [2.45, 2.75) is 43.9 Å². The number of hydrogen-bond donors (Lipinski definition) is 0. The maximum atomic E-state index is 12.2. The highest BCUT2D eigenvalue weighted by Gasteiger charge is 2.23. The van der Waals surface area contributed by atoms with E-state index in [1.165, 1.54) is 30.0 Å². The zero-order valence-electron chi connectivity index (χ0n) is 12.2. The summed E-state index contributed by atoms with van der Waals surface area (Å²) in [4.78, 5) is 25.4. The lowest BCUT2D eigenvalue weighted by Crippen LogP contribution is -2.43. The lowest BCUT2D eigenvalue weighted by atomic mass is 10.0. The molecule has 0 bridgehead atoms. The first-order valence-electron chi connectivity index (χ1n) is 6.87. The summed E-state index contributed by atoms with van der Waals surface area (Å²) in [7, 11) is 1.31. The van der Waals surface area contributed by atoms with E-state index in [-0.39, 0.29) is 24.2 Å². The molecule has 1 aromatic heterocycles. The molecule has 0 saturated carbocycles. The Morgan fingerprint density at radius 3 is 2.95 bits per heavy atom. The van der Waals surface area contributed by atoms with Crippen molar-refractivity contribution < 1.29 is 14.3 Å². The smallest absolute Gasteiger partial charge is 0.327 e. The Hall–Kier alpha value is -1.64. The predicted molar refractivity (Wildman–Crippen MR) is 75.6 cm³/mol. The normalized spacial score (nSPS) is 18.6. The first-order chi connectivity index (χ1) is 10.1. The molecule has 0 radical (unpaired) electrons. The quantitative estimate of drug-likeness (QED) is 0.572. The van der Waals surface area contributed by atoms with Crippen molar-refractivity contribution in [2.24, 2.45) is 0 Å². The summed E-state index contributed by atoms with van der Waals surface area (Å²) in [5, 5.41) is 11.5. The van der Waals surface area contributed by atoms with E-state index < -0.39 is 5.97 Å². The standard InChI is InChI=1S/C12H19N5O3S/c1-9-5-3-4-6-16(9)10(18)8-21-12-13-14-15-17(12)7-11(19)20-2/h9H,3-8H2,1-2H3. The van der Waals surface area contributed by atoms with Crippen molar-refractivity contribution in [1.29, 1.82) is 0 Å². The van der Waals surface area contributed by atoms with Crippen LogP contribution in [0.3, 0.4) is 0 Å². The molecule has 2 rings (SSSR count). The monoisotopic (exact) mass is 313 g/mol. The van der Waals surface area contributed by atoms with Crippen LogP contribution in [-0.2, 0) is 20.9 Å². The van der Waals surface area contributed by atoms with Crippen molar-refractivity contribution in [3.8, 4) is 0 Å². The van der Waals surface area contributed by atoms with Gasteiger partial charge in [-0.2, -0.15) is 0 Å². The first-order valence-corrected chi connectivity index (χ1v) is 7.85. The minimum atomic E-state index is -0.430. The second kappa shape index (κ2) is 7.39. The molecular formula is C12H19N5O3S. The van der Waals surface area contributed by atoms with Crippen molar-refractivity contribution in [1.82, 2.24) is 25.1 Å². The number of nitrogens with zero attached hydrogens (tertiary/aromatic N) is 5. The number of rotatable bonds is 5. The van der Waals surface area contributed by atoms with Gasteiger partial charge in [-0.25, -0.2) is 4.68 Å². The fraction of sp³-hybridized carbons (Fsp3) is 0.750. The molecule has 1 aromatic rings. The number of carbonyl (C=O) groups is 2. The molecule has 1 amide bonds. The predicted octanol–water partition coefficient (Wildman–Crippen LogP) is 0.339. The second-order valence-corrected chi connectivity index (χ2v) is 5.86. The van der Waals surface area contributed by atoms with Crippen LogP contribution in [0, 0.1) is 0 Å². The fourth-order valence-corrected chi connectivity index (χ4v) is 3.03. The maximum Gasteiger partial charge on any atom is 0.327 e. The van der Waals surface area contributed by atoms with Gasteiger partial charge in [0.2, 0.25) is 11.1 Å². The van der Waals surface area contributed by atoms with Crippen LogP contribution in [0.2, 0.25) is 0 Å². The summed E-state index contributed by atoms with van der Waals surface area (Å²) in [6.07, 6.45) is 3.28. The number of carbonyl (C=O) groups excluding carboxylic acids is 2. The van der Waals surface area contributed by atoms with Crippen LogP contribution < -0.4 is 0 Å². The molecule has 1 unspecified atom stereocenters. The number of likely N-dealkylation sites (tertiary alicyclic amines) is 1. The fourth-order valence-electron chi connectivity index (χ4n) is 2.26. The molecule has 2 heterocycles. The van der Waals surface area contributed by atoms with Crippen LogP contribution in [0.5, 0.6) is 0 Å². The molecule has 116 valence electrons. The van der Waals surface area contributed by atoms with Gasteiger partial charge in [0.1, 0.15) is 6.54 Å². The number of aromatic nitrogens is 4. The molecule has 8 nitrogen and oxygen atoms in total. The third kappa shape index (κ3) is 4.16. The van der Waals surface area contributed by atoms with E-state index in [0.717, 1.165) is 19.4 Å². The molecule has 0 spiro atoms. The third-order valence-electron chi connectivity index (χ3n) is 3.45. The van der Waals surface area contributed by atoms with Crippen molar-refractivity contribution >= 4 is 23.6 Å².